The van der Waals surface area contributed by atoms with E-state index in [9.17, 15) is 5.11 Å². The Labute approximate surface area is 79.8 Å². The number of aliphatic hydroxyl groups is 1. The SMILES string of the molecule is CC(C)NCC(O)C1=CCCCO1. The molecule has 1 rings (SSSR count). The molecule has 1 aliphatic rings. The number of hydrogen-bond donors (Lipinski definition) is 2. The molecule has 1 atom stereocenters. The minimum Gasteiger partial charge on any atom is -0.495 e. The first-order valence-corrected chi connectivity index (χ1v) is 4.94. The summed E-state index contributed by atoms with van der Waals surface area (Å²) in [5.74, 6) is 0.736. The summed E-state index contributed by atoms with van der Waals surface area (Å²) in [6.07, 6.45) is 3.58. The molecule has 0 amide bonds. The molecular weight excluding hydrogens is 166 g/mol. The number of allylic oxidation sites excluding steroid dienone is 1. The first-order chi connectivity index (χ1) is 6.20. The fourth-order valence-corrected chi connectivity index (χ4v) is 1.26. The maximum absolute atomic E-state index is 9.67. The van der Waals surface area contributed by atoms with Crippen molar-refractivity contribution in [3.05, 3.63) is 11.8 Å². The molecule has 0 aromatic carbocycles. The normalized spacial score (nSPS) is 19.5. The number of nitrogens with one attached hydrogen (secondary N) is 1. The van der Waals surface area contributed by atoms with E-state index >= 15 is 0 Å². The number of ether oxygens (including phenoxy) is 1. The van der Waals surface area contributed by atoms with Crippen molar-refractivity contribution in [3.8, 4) is 0 Å². The van der Waals surface area contributed by atoms with Crippen molar-refractivity contribution in [1.82, 2.24) is 5.32 Å². The second kappa shape index (κ2) is 5.25. The molecule has 0 radical (unpaired) electrons. The third-order valence-electron chi connectivity index (χ3n) is 2.01. The number of rotatable bonds is 4. The highest BCUT2D eigenvalue weighted by atomic mass is 16.5. The zero-order valence-corrected chi connectivity index (χ0v) is 8.42. The minimum absolute atomic E-state index is 0.402. The van der Waals surface area contributed by atoms with Crippen LogP contribution in [0.3, 0.4) is 0 Å². The van der Waals surface area contributed by atoms with Crippen LogP contribution in [0.15, 0.2) is 11.8 Å². The first-order valence-electron chi connectivity index (χ1n) is 4.94. The Kier molecular flexibility index (Phi) is 4.25. The van der Waals surface area contributed by atoms with E-state index in [4.69, 9.17) is 4.74 Å². The van der Waals surface area contributed by atoms with E-state index < -0.39 is 6.10 Å². The van der Waals surface area contributed by atoms with Crippen LogP contribution in [0.4, 0.5) is 0 Å². The van der Waals surface area contributed by atoms with Gasteiger partial charge in [0, 0.05) is 12.6 Å². The van der Waals surface area contributed by atoms with Crippen LogP contribution in [-0.2, 0) is 4.74 Å². The van der Waals surface area contributed by atoms with Gasteiger partial charge < -0.3 is 15.2 Å². The lowest BCUT2D eigenvalue weighted by Crippen LogP contribution is -2.34. The summed E-state index contributed by atoms with van der Waals surface area (Å²) in [5, 5.41) is 12.8. The summed E-state index contributed by atoms with van der Waals surface area (Å²) < 4.78 is 5.34. The Morgan fingerprint density at radius 3 is 2.92 bits per heavy atom. The van der Waals surface area contributed by atoms with Crippen molar-refractivity contribution in [3.63, 3.8) is 0 Å². The molecule has 2 N–H and O–H groups in total. The lowest BCUT2D eigenvalue weighted by Gasteiger charge is -2.20. The fourth-order valence-electron chi connectivity index (χ4n) is 1.26. The molecule has 0 aliphatic carbocycles. The summed E-state index contributed by atoms with van der Waals surface area (Å²) in [5.41, 5.74) is 0. The van der Waals surface area contributed by atoms with Crippen LogP contribution >= 0.6 is 0 Å². The van der Waals surface area contributed by atoms with Crippen LogP contribution in [0.1, 0.15) is 26.7 Å². The van der Waals surface area contributed by atoms with Gasteiger partial charge in [-0.05, 0) is 18.9 Å². The van der Waals surface area contributed by atoms with E-state index in [2.05, 4.69) is 19.2 Å². The third-order valence-corrected chi connectivity index (χ3v) is 2.01. The summed E-state index contributed by atoms with van der Waals surface area (Å²) >= 11 is 0. The van der Waals surface area contributed by atoms with E-state index in [0.29, 0.717) is 12.6 Å². The van der Waals surface area contributed by atoms with Crippen molar-refractivity contribution in [2.45, 2.75) is 38.8 Å². The highest BCUT2D eigenvalue weighted by Crippen LogP contribution is 2.13. The molecule has 76 valence electrons. The quantitative estimate of drug-likeness (QED) is 0.687. The molecule has 0 aromatic rings. The molecule has 0 saturated carbocycles. The average molecular weight is 185 g/mol. The Hall–Kier alpha value is -0.540. The zero-order chi connectivity index (χ0) is 9.68. The van der Waals surface area contributed by atoms with E-state index in [1.165, 1.54) is 0 Å². The molecule has 3 nitrogen and oxygen atoms in total. The van der Waals surface area contributed by atoms with E-state index in [-0.39, 0.29) is 0 Å². The van der Waals surface area contributed by atoms with Gasteiger partial charge in [0.25, 0.3) is 0 Å². The molecule has 13 heavy (non-hydrogen) atoms. The largest absolute Gasteiger partial charge is 0.495 e. The predicted octanol–water partition coefficient (Wildman–Crippen LogP) is 1.04. The molecule has 0 bridgehead atoms. The molecule has 0 fully saturated rings. The van der Waals surface area contributed by atoms with Gasteiger partial charge in [0.05, 0.1) is 6.61 Å². The topological polar surface area (TPSA) is 41.5 Å². The van der Waals surface area contributed by atoms with Gasteiger partial charge in [0.1, 0.15) is 11.9 Å². The molecule has 1 heterocycles. The third kappa shape index (κ3) is 3.79. The molecule has 0 saturated heterocycles. The number of hydrogen-bond acceptors (Lipinski definition) is 3. The summed E-state index contributed by atoms with van der Waals surface area (Å²) in [6, 6.07) is 0.402. The Balaban J connectivity index is 2.29. The maximum Gasteiger partial charge on any atom is 0.123 e. The highest BCUT2D eigenvalue weighted by Gasteiger charge is 2.14. The van der Waals surface area contributed by atoms with Gasteiger partial charge in [0.15, 0.2) is 0 Å². The Bertz CT molecular complexity index is 178. The molecule has 1 unspecified atom stereocenters. The van der Waals surface area contributed by atoms with Gasteiger partial charge in [-0.25, -0.2) is 0 Å². The van der Waals surface area contributed by atoms with Gasteiger partial charge in [0.2, 0.25) is 0 Å². The van der Waals surface area contributed by atoms with Gasteiger partial charge in [-0.3, -0.25) is 0 Å². The van der Waals surface area contributed by atoms with Crippen LogP contribution in [0, 0.1) is 0 Å². The van der Waals surface area contributed by atoms with Crippen molar-refractivity contribution in [1.29, 1.82) is 0 Å². The minimum atomic E-state index is -0.484. The first kappa shape index (κ1) is 10.5. The van der Waals surface area contributed by atoms with Gasteiger partial charge in [-0.1, -0.05) is 13.8 Å². The second-order valence-electron chi connectivity index (χ2n) is 3.68. The van der Waals surface area contributed by atoms with Gasteiger partial charge >= 0.3 is 0 Å². The van der Waals surface area contributed by atoms with Crippen LogP contribution in [0.2, 0.25) is 0 Å². The second-order valence-corrected chi connectivity index (χ2v) is 3.68. The molecule has 0 spiro atoms. The molecule has 1 aliphatic heterocycles. The molecule has 3 heteroatoms. The predicted molar refractivity (Wildman–Crippen MR) is 52.4 cm³/mol. The Morgan fingerprint density at radius 2 is 2.38 bits per heavy atom. The monoisotopic (exact) mass is 185 g/mol. The average Bonchev–Trinajstić information content (AvgIpc) is 2.15. The van der Waals surface area contributed by atoms with Crippen molar-refractivity contribution >= 4 is 0 Å². The van der Waals surface area contributed by atoms with E-state index in [1.54, 1.807) is 0 Å². The van der Waals surface area contributed by atoms with Crippen LogP contribution in [0.5, 0.6) is 0 Å². The lowest BCUT2D eigenvalue weighted by atomic mass is 10.2. The zero-order valence-electron chi connectivity index (χ0n) is 8.42. The summed E-state index contributed by atoms with van der Waals surface area (Å²) in [4.78, 5) is 0. The standard InChI is InChI=1S/C10H19NO2/c1-8(2)11-7-9(12)10-5-3-4-6-13-10/h5,8-9,11-12H,3-4,6-7H2,1-2H3. The summed E-state index contributed by atoms with van der Waals surface area (Å²) in [7, 11) is 0. The molecular formula is C10H19NO2. The number of aliphatic hydroxyl groups excluding tert-OH is 1. The maximum atomic E-state index is 9.67. The van der Waals surface area contributed by atoms with Crippen LogP contribution < -0.4 is 5.32 Å². The summed E-state index contributed by atoms with van der Waals surface area (Å²) in [6.45, 7) is 5.43. The van der Waals surface area contributed by atoms with Gasteiger partial charge in [-0.2, -0.15) is 0 Å². The highest BCUT2D eigenvalue weighted by molar-refractivity contribution is 5.02. The van der Waals surface area contributed by atoms with Crippen LogP contribution in [-0.4, -0.2) is 30.4 Å². The molecule has 0 aromatic heterocycles. The van der Waals surface area contributed by atoms with Crippen molar-refractivity contribution < 1.29 is 9.84 Å². The van der Waals surface area contributed by atoms with Gasteiger partial charge in [-0.15, -0.1) is 0 Å². The lowest BCUT2D eigenvalue weighted by molar-refractivity contribution is 0.0900. The fraction of sp³-hybridized carbons (Fsp3) is 0.800. The van der Waals surface area contributed by atoms with E-state index in [0.717, 1.165) is 25.2 Å². The Morgan fingerprint density at radius 1 is 1.62 bits per heavy atom. The van der Waals surface area contributed by atoms with E-state index in [1.807, 2.05) is 6.08 Å². The van der Waals surface area contributed by atoms with Crippen molar-refractivity contribution in [2.75, 3.05) is 13.2 Å². The van der Waals surface area contributed by atoms with Crippen LogP contribution in [0.25, 0.3) is 0 Å². The smallest absolute Gasteiger partial charge is 0.123 e. The van der Waals surface area contributed by atoms with Crippen molar-refractivity contribution in [2.24, 2.45) is 0 Å².